The summed E-state index contributed by atoms with van der Waals surface area (Å²) in [6.45, 7) is 0.695. The summed E-state index contributed by atoms with van der Waals surface area (Å²) in [6.07, 6.45) is 2.43. The van der Waals surface area contributed by atoms with Crippen molar-refractivity contribution in [3.63, 3.8) is 0 Å². The van der Waals surface area contributed by atoms with Gasteiger partial charge in [0.25, 0.3) is 0 Å². The number of fused-ring (bicyclic) bond motifs is 1. The molecule has 1 aromatic carbocycles. The lowest BCUT2D eigenvalue weighted by Gasteiger charge is -2.32. The maximum Gasteiger partial charge on any atom is 0.312 e. The van der Waals surface area contributed by atoms with Crippen molar-refractivity contribution in [3.05, 3.63) is 59.5 Å². The van der Waals surface area contributed by atoms with Gasteiger partial charge in [-0.15, -0.1) is 0 Å². The second kappa shape index (κ2) is 6.05. The highest BCUT2D eigenvalue weighted by molar-refractivity contribution is 5.81. The topological polar surface area (TPSA) is 70.8 Å². The smallest absolute Gasteiger partial charge is 0.312 e. The average Bonchev–Trinajstić information content (AvgIpc) is 3.04. The predicted molar refractivity (Wildman–Crippen MR) is 79.3 cm³/mol. The summed E-state index contributed by atoms with van der Waals surface area (Å²) in [5.74, 6) is -0.828. The molecule has 0 spiro atoms. The molecule has 3 rings (SSSR count). The normalized spacial score (nSPS) is 17.1. The largest absolute Gasteiger partial charge is 0.481 e. The van der Waals surface area contributed by atoms with Crippen molar-refractivity contribution >= 4 is 11.9 Å². The zero-order valence-electron chi connectivity index (χ0n) is 12.1. The molecule has 0 fully saturated rings. The summed E-state index contributed by atoms with van der Waals surface area (Å²) in [4.78, 5) is 25.5. The number of carbonyl (C=O) groups excluding carboxylic acids is 1. The lowest BCUT2D eigenvalue weighted by Crippen LogP contribution is -2.40. The van der Waals surface area contributed by atoms with Gasteiger partial charge in [0.15, 0.2) is 0 Å². The Hall–Kier alpha value is -2.56. The number of carbonyl (C=O) groups is 2. The molecule has 1 aliphatic heterocycles. The Kier molecular flexibility index (Phi) is 3.96. The molecule has 2 aromatic rings. The number of carboxylic acid groups (broad SMARTS) is 1. The number of aliphatic carboxylic acids is 1. The molecule has 0 aliphatic carbocycles. The fourth-order valence-electron chi connectivity index (χ4n) is 2.85. The van der Waals surface area contributed by atoms with Gasteiger partial charge in [-0.05, 0) is 23.3 Å². The molecule has 22 heavy (non-hydrogen) atoms. The van der Waals surface area contributed by atoms with Crippen LogP contribution in [0.4, 0.5) is 0 Å². The van der Waals surface area contributed by atoms with Crippen molar-refractivity contribution in [1.82, 2.24) is 4.90 Å². The van der Waals surface area contributed by atoms with Crippen LogP contribution in [-0.4, -0.2) is 28.4 Å². The zero-order chi connectivity index (χ0) is 15.5. The van der Waals surface area contributed by atoms with Gasteiger partial charge in [0.2, 0.25) is 5.91 Å². The number of aryl methyl sites for hydroxylation is 1. The molecule has 0 radical (unpaired) electrons. The zero-order valence-corrected chi connectivity index (χ0v) is 12.1. The van der Waals surface area contributed by atoms with E-state index >= 15 is 0 Å². The molecule has 114 valence electrons. The number of hydrogen-bond donors (Lipinski definition) is 1. The van der Waals surface area contributed by atoms with Crippen LogP contribution in [0.25, 0.3) is 0 Å². The summed E-state index contributed by atoms with van der Waals surface area (Å²) < 4.78 is 5.22. The van der Waals surface area contributed by atoms with E-state index in [1.807, 2.05) is 30.3 Å². The van der Waals surface area contributed by atoms with Gasteiger partial charge in [0.05, 0.1) is 12.2 Å². The van der Waals surface area contributed by atoms with Gasteiger partial charge in [0.1, 0.15) is 5.76 Å². The molecule has 1 atom stereocenters. The minimum Gasteiger partial charge on any atom is -0.481 e. The highest BCUT2D eigenvalue weighted by Gasteiger charge is 2.32. The summed E-state index contributed by atoms with van der Waals surface area (Å²) in [5.41, 5.74) is 1.72. The fourth-order valence-corrected chi connectivity index (χ4v) is 2.85. The molecule has 0 saturated heterocycles. The van der Waals surface area contributed by atoms with Crippen LogP contribution in [-0.2, 0) is 22.6 Å². The Balaban J connectivity index is 1.73. The molecular formula is C17H17NO4. The molecule has 0 saturated carbocycles. The second-order valence-electron chi connectivity index (χ2n) is 5.44. The number of hydrogen-bond acceptors (Lipinski definition) is 3. The van der Waals surface area contributed by atoms with Crippen LogP contribution in [0.1, 0.15) is 29.2 Å². The monoisotopic (exact) mass is 299 g/mol. The third kappa shape index (κ3) is 2.88. The van der Waals surface area contributed by atoms with Gasteiger partial charge in [-0.3, -0.25) is 9.59 Å². The SMILES string of the molecule is O=C(O)[C@H]1CN(C(=O)CCc2ccco2)Cc2ccccc21. The highest BCUT2D eigenvalue weighted by atomic mass is 16.4. The molecule has 1 N–H and O–H groups in total. The minimum absolute atomic E-state index is 0.0443. The van der Waals surface area contributed by atoms with Crippen molar-refractivity contribution in [1.29, 1.82) is 0 Å². The Morgan fingerprint density at radius 2 is 2.05 bits per heavy atom. The molecule has 0 unspecified atom stereocenters. The Bertz CT molecular complexity index is 678. The fraction of sp³-hybridized carbons (Fsp3) is 0.294. The predicted octanol–water partition coefficient (Wildman–Crippen LogP) is 2.42. The van der Waals surface area contributed by atoms with E-state index in [9.17, 15) is 14.7 Å². The first-order valence-corrected chi connectivity index (χ1v) is 7.26. The van der Waals surface area contributed by atoms with Crippen LogP contribution >= 0.6 is 0 Å². The Morgan fingerprint density at radius 3 is 2.77 bits per heavy atom. The molecule has 0 bridgehead atoms. The molecule has 1 aliphatic rings. The van der Waals surface area contributed by atoms with E-state index in [2.05, 4.69) is 0 Å². The van der Waals surface area contributed by atoms with Crippen molar-refractivity contribution in [3.8, 4) is 0 Å². The summed E-state index contributed by atoms with van der Waals surface area (Å²) in [7, 11) is 0. The Labute approximate surface area is 128 Å². The summed E-state index contributed by atoms with van der Waals surface area (Å²) in [5, 5.41) is 9.41. The van der Waals surface area contributed by atoms with E-state index < -0.39 is 11.9 Å². The van der Waals surface area contributed by atoms with Crippen LogP contribution in [0.3, 0.4) is 0 Å². The van der Waals surface area contributed by atoms with Crippen LogP contribution in [0.5, 0.6) is 0 Å². The number of furan rings is 1. The van der Waals surface area contributed by atoms with Gasteiger partial charge in [-0.1, -0.05) is 24.3 Å². The molecule has 1 aromatic heterocycles. The quantitative estimate of drug-likeness (QED) is 0.941. The van der Waals surface area contributed by atoms with Gasteiger partial charge in [-0.2, -0.15) is 0 Å². The number of nitrogens with zero attached hydrogens (tertiary/aromatic N) is 1. The summed E-state index contributed by atoms with van der Waals surface area (Å²) >= 11 is 0. The number of benzene rings is 1. The number of rotatable bonds is 4. The molecule has 2 heterocycles. The second-order valence-corrected chi connectivity index (χ2v) is 5.44. The van der Waals surface area contributed by atoms with Crippen molar-refractivity contribution in [2.24, 2.45) is 0 Å². The minimum atomic E-state index is -0.893. The summed E-state index contributed by atoms with van der Waals surface area (Å²) in [6, 6.07) is 11.0. The van der Waals surface area contributed by atoms with E-state index in [1.165, 1.54) is 0 Å². The molecular weight excluding hydrogens is 282 g/mol. The van der Waals surface area contributed by atoms with Gasteiger partial charge < -0.3 is 14.4 Å². The van der Waals surface area contributed by atoms with E-state index in [1.54, 1.807) is 17.2 Å². The molecule has 5 nitrogen and oxygen atoms in total. The van der Waals surface area contributed by atoms with Crippen LogP contribution < -0.4 is 0 Å². The van der Waals surface area contributed by atoms with E-state index in [0.717, 1.165) is 16.9 Å². The van der Waals surface area contributed by atoms with Gasteiger partial charge in [0, 0.05) is 25.9 Å². The standard InChI is InChI=1S/C17H17NO4/c19-16(8-7-13-5-3-9-22-13)18-10-12-4-1-2-6-14(12)15(11-18)17(20)21/h1-6,9,15H,7-8,10-11H2,(H,20,21)/t15-/m0/s1. The van der Waals surface area contributed by atoms with E-state index in [-0.39, 0.29) is 12.5 Å². The van der Waals surface area contributed by atoms with Crippen molar-refractivity contribution < 1.29 is 19.1 Å². The van der Waals surface area contributed by atoms with E-state index in [0.29, 0.717) is 19.4 Å². The lowest BCUT2D eigenvalue weighted by molar-refractivity contribution is -0.141. The van der Waals surface area contributed by atoms with Crippen LogP contribution in [0.15, 0.2) is 47.1 Å². The number of carboxylic acids is 1. The van der Waals surface area contributed by atoms with Gasteiger partial charge in [-0.25, -0.2) is 0 Å². The third-order valence-corrected chi connectivity index (χ3v) is 4.01. The van der Waals surface area contributed by atoms with Crippen LogP contribution in [0.2, 0.25) is 0 Å². The first kappa shape index (κ1) is 14.4. The first-order valence-electron chi connectivity index (χ1n) is 7.26. The van der Waals surface area contributed by atoms with E-state index in [4.69, 9.17) is 4.42 Å². The average molecular weight is 299 g/mol. The highest BCUT2D eigenvalue weighted by Crippen LogP contribution is 2.28. The van der Waals surface area contributed by atoms with Crippen molar-refractivity contribution in [2.45, 2.75) is 25.3 Å². The maximum atomic E-state index is 12.4. The number of amides is 1. The lowest BCUT2D eigenvalue weighted by atomic mass is 9.89. The van der Waals surface area contributed by atoms with Crippen molar-refractivity contribution in [2.75, 3.05) is 6.54 Å². The molecule has 5 heteroatoms. The molecule has 1 amide bonds. The third-order valence-electron chi connectivity index (χ3n) is 4.01. The van der Waals surface area contributed by atoms with Gasteiger partial charge >= 0.3 is 5.97 Å². The van der Waals surface area contributed by atoms with Crippen LogP contribution in [0, 0.1) is 0 Å². The Morgan fingerprint density at radius 1 is 1.23 bits per heavy atom. The first-order chi connectivity index (χ1) is 10.6. The maximum absolute atomic E-state index is 12.4.